The van der Waals surface area contributed by atoms with Gasteiger partial charge in [-0.1, -0.05) is 66.7 Å². The second kappa shape index (κ2) is 12.8. The number of benzene rings is 3. The van der Waals surface area contributed by atoms with Crippen LogP contribution in [0.4, 0.5) is 11.4 Å². The molecule has 3 aromatic carbocycles. The Hall–Kier alpha value is -4.49. The number of ether oxygens (including phenoxy) is 1. The average Bonchev–Trinajstić information content (AvgIpc) is 2.99. The molecule has 7 nitrogen and oxygen atoms in total. The number of pyridine rings is 1. The van der Waals surface area contributed by atoms with Crippen molar-refractivity contribution >= 4 is 23.2 Å². The molecular weight excluding hydrogens is 488 g/mol. The SMILES string of the molecule is O=C(Nc1ccc(N2CCOCC2)cc1)[C@@H](c1ccccc1)N(Cc1cccnc1)C(=O)Cc1ccccc1. The summed E-state index contributed by atoms with van der Waals surface area (Å²) in [6.45, 7) is 3.35. The smallest absolute Gasteiger partial charge is 0.251 e. The number of nitrogens with one attached hydrogen (secondary N) is 1. The lowest BCUT2D eigenvalue weighted by Gasteiger charge is -2.32. The molecule has 1 N–H and O–H groups in total. The van der Waals surface area contributed by atoms with Gasteiger partial charge in [-0.2, -0.15) is 0 Å². The van der Waals surface area contributed by atoms with Gasteiger partial charge in [-0.3, -0.25) is 14.6 Å². The van der Waals surface area contributed by atoms with Crippen LogP contribution in [-0.4, -0.2) is 48.0 Å². The number of amides is 2. The first kappa shape index (κ1) is 26.1. The van der Waals surface area contributed by atoms with Crippen molar-refractivity contribution in [2.75, 3.05) is 36.5 Å². The van der Waals surface area contributed by atoms with Crippen molar-refractivity contribution in [3.63, 3.8) is 0 Å². The summed E-state index contributed by atoms with van der Waals surface area (Å²) < 4.78 is 5.45. The van der Waals surface area contributed by atoms with E-state index in [-0.39, 0.29) is 24.8 Å². The second-order valence-electron chi connectivity index (χ2n) is 9.49. The van der Waals surface area contributed by atoms with Crippen LogP contribution in [-0.2, 0) is 27.3 Å². The summed E-state index contributed by atoms with van der Waals surface area (Å²) in [4.78, 5) is 35.9. The zero-order valence-corrected chi connectivity index (χ0v) is 21.8. The van der Waals surface area contributed by atoms with Gasteiger partial charge in [0.15, 0.2) is 0 Å². The molecular formula is C32H32N4O3. The molecule has 5 rings (SSSR count). The number of carbonyl (C=O) groups is 2. The van der Waals surface area contributed by atoms with Gasteiger partial charge in [0.1, 0.15) is 6.04 Å². The summed E-state index contributed by atoms with van der Waals surface area (Å²) in [5.41, 5.74) is 4.25. The van der Waals surface area contributed by atoms with Crippen molar-refractivity contribution < 1.29 is 14.3 Å². The third kappa shape index (κ3) is 6.89. The molecule has 2 amide bonds. The number of carbonyl (C=O) groups excluding carboxylic acids is 2. The number of morpholine rings is 1. The summed E-state index contributed by atoms with van der Waals surface area (Å²) in [5.74, 6) is -0.414. The van der Waals surface area contributed by atoms with E-state index in [1.807, 2.05) is 97.1 Å². The van der Waals surface area contributed by atoms with Crippen molar-refractivity contribution in [2.24, 2.45) is 0 Å². The first-order valence-electron chi connectivity index (χ1n) is 13.2. The quantitative estimate of drug-likeness (QED) is 0.341. The van der Waals surface area contributed by atoms with E-state index < -0.39 is 6.04 Å². The Morgan fingerprint density at radius 1 is 0.846 bits per heavy atom. The molecule has 0 spiro atoms. The molecule has 1 aliphatic heterocycles. The van der Waals surface area contributed by atoms with Crippen LogP contribution in [0.1, 0.15) is 22.7 Å². The Morgan fingerprint density at radius 2 is 1.51 bits per heavy atom. The van der Waals surface area contributed by atoms with Gasteiger partial charge in [0, 0.05) is 43.4 Å². The zero-order valence-electron chi connectivity index (χ0n) is 21.8. The maximum atomic E-state index is 13.9. The van der Waals surface area contributed by atoms with Crippen LogP contribution in [0.25, 0.3) is 0 Å². The molecule has 1 aromatic heterocycles. The van der Waals surface area contributed by atoms with Crippen molar-refractivity contribution in [2.45, 2.75) is 19.0 Å². The number of hydrogen-bond donors (Lipinski definition) is 1. The zero-order chi connectivity index (χ0) is 26.9. The standard InChI is InChI=1S/C32H32N4O3/c37-30(22-25-8-3-1-4-9-25)36(24-26-10-7-17-33-23-26)31(27-11-5-2-6-12-27)32(38)34-28-13-15-29(16-14-28)35-18-20-39-21-19-35/h1-17,23,31H,18-22,24H2,(H,34,38)/t31-/m1/s1. The van der Waals surface area contributed by atoms with E-state index in [9.17, 15) is 9.59 Å². The highest BCUT2D eigenvalue weighted by molar-refractivity contribution is 5.98. The highest BCUT2D eigenvalue weighted by Crippen LogP contribution is 2.27. The molecule has 1 saturated heterocycles. The second-order valence-corrected chi connectivity index (χ2v) is 9.49. The molecule has 1 aliphatic rings. The fourth-order valence-electron chi connectivity index (χ4n) is 4.78. The van der Waals surface area contributed by atoms with E-state index in [2.05, 4.69) is 15.2 Å². The van der Waals surface area contributed by atoms with E-state index in [4.69, 9.17) is 4.74 Å². The third-order valence-corrected chi connectivity index (χ3v) is 6.78. The molecule has 7 heteroatoms. The summed E-state index contributed by atoms with van der Waals surface area (Å²) in [6, 6.07) is 29.8. The minimum absolute atomic E-state index is 0.142. The normalized spacial score (nSPS) is 13.9. The maximum Gasteiger partial charge on any atom is 0.251 e. The molecule has 1 atom stereocenters. The van der Waals surface area contributed by atoms with Crippen LogP contribution in [0.5, 0.6) is 0 Å². The van der Waals surface area contributed by atoms with Gasteiger partial charge in [-0.15, -0.1) is 0 Å². The predicted molar refractivity (Wildman–Crippen MR) is 152 cm³/mol. The molecule has 2 heterocycles. The minimum Gasteiger partial charge on any atom is -0.378 e. The van der Waals surface area contributed by atoms with Gasteiger partial charge in [-0.05, 0) is 47.0 Å². The summed E-state index contributed by atoms with van der Waals surface area (Å²) in [6.07, 6.45) is 3.61. The van der Waals surface area contributed by atoms with E-state index in [0.29, 0.717) is 18.9 Å². The molecule has 0 aliphatic carbocycles. The highest BCUT2D eigenvalue weighted by Gasteiger charge is 2.31. The molecule has 198 valence electrons. The van der Waals surface area contributed by atoms with Crippen molar-refractivity contribution in [1.29, 1.82) is 0 Å². The fraction of sp³-hybridized carbons (Fsp3) is 0.219. The van der Waals surface area contributed by atoms with Crippen molar-refractivity contribution in [1.82, 2.24) is 9.88 Å². The van der Waals surface area contributed by atoms with Gasteiger partial charge < -0.3 is 19.9 Å². The lowest BCUT2D eigenvalue weighted by Crippen LogP contribution is -2.41. The number of hydrogen-bond acceptors (Lipinski definition) is 5. The average molecular weight is 521 g/mol. The first-order valence-corrected chi connectivity index (χ1v) is 13.2. The Balaban J connectivity index is 1.43. The Labute approximate surface area is 229 Å². The highest BCUT2D eigenvalue weighted by atomic mass is 16.5. The number of nitrogens with zero attached hydrogens (tertiary/aromatic N) is 3. The summed E-state index contributed by atoms with van der Waals surface area (Å²) in [5, 5.41) is 3.06. The lowest BCUT2D eigenvalue weighted by atomic mass is 10.0. The number of anilines is 2. The van der Waals surface area contributed by atoms with Gasteiger partial charge in [0.25, 0.3) is 5.91 Å². The van der Waals surface area contributed by atoms with Crippen LogP contribution in [0, 0.1) is 0 Å². The van der Waals surface area contributed by atoms with Crippen LogP contribution in [0.15, 0.2) is 109 Å². The van der Waals surface area contributed by atoms with E-state index in [0.717, 1.165) is 35.5 Å². The number of rotatable bonds is 9. The van der Waals surface area contributed by atoms with E-state index in [1.165, 1.54) is 0 Å². The van der Waals surface area contributed by atoms with Crippen LogP contribution in [0.2, 0.25) is 0 Å². The Kier molecular flexibility index (Phi) is 8.61. The monoisotopic (exact) mass is 520 g/mol. The Morgan fingerprint density at radius 3 is 2.18 bits per heavy atom. The molecule has 0 radical (unpaired) electrons. The van der Waals surface area contributed by atoms with E-state index >= 15 is 0 Å². The molecule has 39 heavy (non-hydrogen) atoms. The fourth-order valence-corrected chi connectivity index (χ4v) is 4.78. The topological polar surface area (TPSA) is 74.8 Å². The maximum absolute atomic E-state index is 13.9. The molecule has 0 unspecified atom stereocenters. The molecule has 1 fully saturated rings. The largest absolute Gasteiger partial charge is 0.378 e. The van der Waals surface area contributed by atoms with Gasteiger partial charge in [0.05, 0.1) is 19.6 Å². The van der Waals surface area contributed by atoms with Crippen LogP contribution in [0.3, 0.4) is 0 Å². The lowest BCUT2D eigenvalue weighted by molar-refractivity contribution is -0.139. The van der Waals surface area contributed by atoms with E-state index in [1.54, 1.807) is 17.3 Å². The van der Waals surface area contributed by atoms with Gasteiger partial charge in [-0.25, -0.2) is 0 Å². The summed E-state index contributed by atoms with van der Waals surface area (Å²) >= 11 is 0. The van der Waals surface area contributed by atoms with Crippen LogP contribution >= 0.6 is 0 Å². The molecule has 0 saturated carbocycles. The van der Waals surface area contributed by atoms with Gasteiger partial charge >= 0.3 is 0 Å². The first-order chi connectivity index (χ1) is 19.2. The van der Waals surface area contributed by atoms with Gasteiger partial charge in [0.2, 0.25) is 5.91 Å². The third-order valence-electron chi connectivity index (χ3n) is 6.78. The summed E-state index contributed by atoms with van der Waals surface area (Å²) in [7, 11) is 0. The van der Waals surface area contributed by atoms with Crippen molar-refractivity contribution in [3.05, 3.63) is 126 Å². The predicted octanol–water partition coefficient (Wildman–Crippen LogP) is 4.87. The molecule has 4 aromatic rings. The van der Waals surface area contributed by atoms with Crippen LogP contribution < -0.4 is 10.2 Å². The van der Waals surface area contributed by atoms with Crippen molar-refractivity contribution in [3.8, 4) is 0 Å². The number of aromatic nitrogens is 1. The Bertz CT molecular complexity index is 1340. The molecule has 0 bridgehead atoms. The minimum atomic E-state index is -0.832.